The maximum absolute atomic E-state index is 10.6. The van der Waals surface area contributed by atoms with Gasteiger partial charge < -0.3 is 9.84 Å². The Balaban J connectivity index is 3.24. The van der Waals surface area contributed by atoms with E-state index in [-0.39, 0.29) is 11.1 Å². The highest BCUT2D eigenvalue weighted by molar-refractivity contribution is 5.88. The fourth-order valence-electron chi connectivity index (χ4n) is 0.905. The summed E-state index contributed by atoms with van der Waals surface area (Å²) in [6.45, 7) is 0. The third-order valence-corrected chi connectivity index (χ3v) is 1.52. The highest BCUT2D eigenvalue weighted by Crippen LogP contribution is 2.16. The first-order valence-electron chi connectivity index (χ1n) is 3.50. The van der Waals surface area contributed by atoms with Crippen molar-refractivity contribution in [2.45, 2.75) is 0 Å². The number of rotatable bonds is 2. The topological polar surface area (TPSA) is 70.3 Å². The quantitative estimate of drug-likeness (QED) is 0.738. The second-order valence-corrected chi connectivity index (χ2v) is 2.37. The number of hydrogen-bond donors (Lipinski definition) is 1. The average molecular weight is 177 g/mol. The van der Waals surface area contributed by atoms with Crippen molar-refractivity contribution < 1.29 is 14.6 Å². The van der Waals surface area contributed by atoms with E-state index < -0.39 is 5.97 Å². The van der Waals surface area contributed by atoms with Crippen molar-refractivity contribution in [1.82, 2.24) is 0 Å². The molecule has 0 spiro atoms. The molecule has 1 N–H and O–H groups in total. The summed E-state index contributed by atoms with van der Waals surface area (Å²) >= 11 is 0. The van der Waals surface area contributed by atoms with Crippen LogP contribution in [-0.2, 0) is 0 Å². The third-order valence-electron chi connectivity index (χ3n) is 1.52. The lowest BCUT2D eigenvalue weighted by Gasteiger charge is -2.01. The Kier molecular flexibility index (Phi) is 2.50. The first-order valence-corrected chi connectivity index (χ1v) is 3.50. The van der Waals surface area contributed by atoms with Gasteiger partial charge in [0, 0.05) is 0 Å². The number of carboxylic acids is 1. The van der Waals surface area contributed by atoms with E-state index in [4.69, 9.17) is 15.1 Å². The van der Waals surface area contributed by atoms with E-state index in [1.165, 1.54) is 25.3 Å². The summed E-state index contributed by atoms with van der Waals surface area (Å²) in [5.41, 5.74) is 0.327. The minimum atomic E-state index is -1.07. The molecule has 0 fully saturated rings. The largest absolute Gasteiger partial charge is 0.497 e. The van der Waals surface area contributed by atoms with Crippen LogP contribution in [0, 0.1) is 11.3 Å². The molecule has 4 heteroatoms. The molecule has 0 unspecified atom stereocenters. The van der Waals surface area contributed by atoms with Crippen LogP contribution in [0.4, 0.5) is 0 Å². The van der Waals surface area contributed by atoms with Crippen LogP contribution in [0.25, 0.3) is 0 Å². The van der Waals surface area contributed by atoms with Crippen LogP contribution < -0.4 is 4.74 Å². The van der Waals surface area contributed by atoms with E-state index in [1.54, 1.807) is 0 Å². The van der Waals surface area contributed by atoms with Gasteiger partial charge in [-0.3, -0.25) is 0 Å². The lowest BCUT2D eigenvalue weighted by molar-refractivity contribution is 0.0696. The molecule has 0 radical (unpaired) electrons. The first kappa shape index (κ1) is 9.07. The number of nitriles is 1. The van der Waals surface area contributed by atoms with Crippen molar-refractivity contribution in [3.8, 4) is 11.8 Å². The van der Waals surface area contributed by atoms with Crippen molar-refractivity contribution in [2.24, 2.45) is 0 Å². The van der Waals surface area contributed by atoms with Gasteiger partial charge in [0.2, 0.25) is 0 Å². The highest BCUT2D eigenvalue weighted by Gasteiger charge is 2.06. The number of hydrogen-bond acceptors (Lipinski definition) is 3. The Morgan fingerprint density at radius 1 is 1.54 bits per heavy atom. The number of aromatic carboxylic acids is 1. The van der Waals surface area contributed by atoms with Crippen LogP contribution in [0.3, 0.4) is 0 Å². The summed E-state index contributed by atoms with van der Waals surface area (Å²) in [5, 5.41) is 17.2. The van der Waals surface area contributed by atoms with Gasteiger partial charge in [-0.25, -0.2) is 4.79 Å². The minimum absolute atomic E-state index is 0.0518. The summed E-state index contributed by atoms with van der Waals surface area (Å²) in [6, 6.07) is 5.99. The number of carbonyl (C=O) groups is 1. The van der Waals surface area contributed by atoms with Crippen molar-refractivity contribution in [3.63, 3.8) is 0 Å². The SMILES string of the molecule is COc1cc(C#N)cc(C(=O)O)c1. The second kappa shape index (κ2) is 3.59. The number of benzene rings is 1. The molecule has 0 bridgehead atoms. The molecule has 0 amide bonds. The van der Waals surface area contributed by atoms with E-state index in [0.29, 0.717) is 5.75 Å². The lowest BCUT2D eigenvalue weighted by atomic mass is 10.1. The predicted octanol–water partition coefficient (Wildman–Crippen LogP) is 1.27. The van der Waals surface area contributed by atoms with E-state index >= 15 is 0 Å². The van der Waals surface area contributed by atoms with Crippen LogP contribution in [-0.4, -0.2) is 18.2 Å². The number of ether oxygens (including phenoxy) is 1. The van der Waals surface area contributed by atoms with E-state index in [0.717, 1.165) is 0 Å². The highest BCUT2D eigenvalue weighted by atomic mass is 16.5. The lowest BCUT2D eigenvalue weighted by Crippen LogP contribution is -1.97. The molecule has 1 aromatic carbocycles. The van der Waals surface area contributed by atoms with Crippen molar-refractivity contribution in [2.75, 3.05) is 7.11 Å². The van der Waals surface area contributed by atoms with Crippen molar-refractivity contribution in [3.05, 3.63) is 29.3 Å². The summed E-state index contributed by atoms with van der Waals surface area (Å²) in [5.74, 6) is -0.702. The summed E-state index contributed by atoms with van der Waals surface area (Å²) < 4.78 is 4.83. The molecule has 0 aromatic heterocycles. The molecule has 0 atom stereocenters. The molecule has 0 aliphatic rings. The van der Waals surface area contributed by atoms with Gasteiger partial charge in [-0.2, -0.15) is 5.26 Å². The number of methoxy groups -OCH3 is 1. The molecule has 0 saturated heterocycles. The molecule has 4 nitrogen and oxygen atoms in total. The van der Waals surface area contributed by atoms with Crippen LogP contribution in [0.2, 0.25) is 0 Å². The van der Waals surface area contributed by atoms with Gasteiger partial charge >= 0.3 is 5.97 Å². The molecule has 0 heterocycles. The Hall–Kier alpha value is -2.02. The second-order valence-electron chi connectivity index (χ2n) is 2.37. The number of carboxylic acid groups (broad SMARTS) is 1. The van der Waals surface area contributed by atoms with Crippen LogP contribution in [0.5, 0.6) is 5.75 Å². The Morgan fingerprint density at radius 3 is 2.69 bits per heavy atom. The molecule has 0 saturated carbocycles. The van der Waals surface area contributed by atoms with Gasteiger partial charge in [-0.05, 0) is 18.2 Å². The predicted molar refractivity (Wildman–Crippen MR) is 44.7 cm³/mol. The third kappa shape index (κ3) is 1.97. The Morgan fingerprint density at radius 2 is 2.23 bits per heavy atom. The molecule has 0 aliphatic carbocycles. The molecular weight excluding hydrogens is 170 g/mol. The standard InChI is InChI=1S/C9H7NO3/c1-13-8-3-6(5-10)2-7(4-8)9(11)12/h2-4H,1H3,(H,11,12). The van der Waals surface area contributed by atoms with Crippen molar-refractivity contribution in [1.29, 1.82) is 5.26 Å². The molecule has 1 rings (SSSR count). The zero-order valence-corrected chi connectivity index (χ0v) is 6.94. The van der Waals surface area contributed by atoms with E-state index in [9.17, 15) is 4.79 Å². The summed E-state index contributed by atoms with van der Waals surface area (Å²) in [7, 11) is 1.42. The van der Waals surface area contributed by atoms with Gasteiger partial charge in [-0.15, -0.1) is 0 Å². The monoisotopic (exact) mass is 177 g/mol. The number of nitrogens with zero attached hydrogens (tertiary/aromatic N) is 1. The van der Waals surface area contributed by atoms with Gasteiger partial charge in [0.25, 0.3) is 0 Å². The fourth-order valence-corrected chi connectivity index (χ4v) is 0.905. The van der Waals surface area contributed by atoms with Crippen LogP contribution in [0.15, 0.2) is 18.2 Å². The maximum Gasteiger partial charge on any atom is 0.335 e. The molecule has 0 aliphatic heterocycles. The van der Waals surface area contributed by atoms with Gasteiger partial charge in [-0.1, -0.05) is 0 Å². The van der Waals surface area contributed by atoms with Gasteiger partial charge in [0.05, 0.1) is 24.3 Å². The van der Waals surface area contributed by atoms with Crippen molar-refractivity contribution >= 4 is 5.97 Å². The first-order chi connectivity index (χ1) is 6.17. The molecule has 1 aromatic rings. The maximum atomic E-state index is 10.6. The summed E-state index contributed by atoms with van der Waals surface area (Å²) in [6.07, 6.45) is 0. The fraction of sp³-hybridized carbons (Fsp3) is 0.111. The Labute approximate surface area is 75.0 Å². The van der Waals surface area contributed by atoms with Crippen LogP contribution >= 0.6 is 0 Å². The van der Waals surface area contributed by atoms with E-state index in [2.05, 4.69) is 0 Å². The van der Waals surface area contributed by atoms with Gasteiger partial charge in [0.1, 0.15) is 5.75 Å². The molecule has 66 valence electrons. The zero-order chi connectivity index (χ0) is 9.84. The van der Waals surface area contributed by atoms with Gasteiger partial charge in [0.15, 0.2) is 0 Å². The zero-order valence-electron chi connectivity index (χ0n) is 6.94. The smallest absolute Gasteiger partial charge is 0.335 e. The Bertz CT molecular complexity index is 379. The van der Waals surface area contributed by atoms with Crippen LogP contribution in [0.1, 0.15) is 15.9 Å². The minimum Gasteiger partial charge on any atom is -0.497 e. The average Bonchev–Trinajstić information content (AvgIpc) is 2.16. The van der Waals surface area contributed by atoms with E-state index in [1.807, 2.05) is 6.07 Å². The molecular formula is C9H7NO3. The summed E-state index contributed by atoms with van der Waals surface area (Å²) in [4.78, 5) is 10.6. The normalized spacial score (nSPS) is 8.92. The molecule has 13 heavy (non-hydrogen) atoms.